The molecule has 0 aliphatic rings. The summed E-state index contributed by atoms with van der Waals surface area (Å²) in [6, 6.07) is 13.5. The van der Waals surface area contributed by atoms with Gasteiger partial charge in [0.2, 0.25) is 4.77 Å². The highest BCUT2D eigenvalue weighted by Gasteiger charge is 2.06. The van der Waals surface area contributed by atoms with E-state index in [1.807, 2.05) is 42.5 Å². The molecular weight excluding hydrogens is 270 g/mol. The van der Waals surface area contributed by atoms with Crippen LogP contribution in [0.4, 0.5) is 0 Å². The highest BCUT2D eigenvalue weighted by molar-refractivity contribution is 7.71. The number of aromatic amines is 1. The van der Waals surface area contributed by atoms with Crippen molar-refractivity contribution >= 4 is 18.4 Å². The molecule has 0 amide bonds. The third-order valence-electron chi connectivity index (χ3n) is 2.69. The normalized spacial score (nSPS) is 11.0. The molecule has 2 heterocycles. The number of benzene rings is 1. The molecule has 1 aromatic carbocycles. The molecule has 1 N–H and O–H groups in total. The Bertz CT molecular complexity index is 774. The Kier molecular flexibility index (Phi) is 3.47. The first-order valence-corrected chi connectivity index (χ1v) is 6.42. The summed E-state index contributed by atoms with van der Waals surface area (Å²) < 4.78 is 2.04. The van der Waals surface area contributed by atoms with Crippen molar-refractivity contribution in [2.24, 2.45) is 5.10 Å². The maximum atomic E-state index is 5.20. The van der Waals surface area contributed by atoms with Crippen LogP contribution >= 0.6 is 12.2 Å². The molecule has 2 aromatic heterocycles. The number of aromatic nitrogens is 4. The summed E-state index contributed by atoms with van der Waals surface area (Å²) in [7, 11) is 0. The number of H-pyrrole nitrogens is 1. The van der Waals surface area contributed by atoms with E-state index in [1.54, 1.807) is 23.3 Å². The fourth-order valence-corrected chi connectivity index (χ4v) is 1.93. The van der Waals surface area contributed by atoms with Crippen molar-refractivity contribution in [3.63, 3.8) is 0 Å². The highest BCUT2D eigenvalue weighted by Crippen LogP contribution is 2.16. The molecule has 5 nitrogen and oxygen atoms in total. The lowest BCUT2D eigenvalue weighted by Crippen LogP contribution is -1.95. The first kappa shape index (κ1) is 12.4. The molecule has 0 aliphatic carbocycles. The molecule has 20 heavy (non-hydrogen) atoms. The van der Waals surface area contributed by atoms with Crippen LogP contribution in [0.2, 0.25) is 0 Å². The molecule has 6 heteroatoms. The van der Waals surface area contributed by atoms with Crippen molar-refractivity contribution in [2.45, 2.75) is 0 Å². The van der Waals surface area contributed by atoms with Gasteiger partial charge in [0.05, 0.1) is 6.21 Å². The van der Waals surface area contributed by atoms with Crippen LogP contribution in [0.1, 0.15) is 5.56 Å². The van der Waals surface area contributed by atoms with E-state index >= 15 is 0 Å². The van der Waals surface area contributed by atoms with Crippen molar-refractivity contribution in [1.82, 2.24) is 19.9 Å². The van der Waals surface area contributed by atoms with Gasteiger partial charge in [-0.2, -0.15) is 14.9 Å². The van der Waals surface area contributed by atoms with Crippen LogP contribution in [0.15, 0.2) is 60.0 Å². The van der Waals surface area contributed by atoms with E-state index in [9.17, 15) is 0 Å². The number of pyridine rings is 1. The van der Waals surface area contributed by atoms with Crippen molar-refractivity contribution in [1.29, 1.82) is 0 Å². The smallest absolute Gasteiger partial charge is 0.216 e. The summed E-state index contributed by atoms with van der Waals surface area (Å²) in [5, 5.41) is 11.3. The summed E-state index contributed by atoms with van der Waals surface area (Å²) in [6.45, 7) is 0. The molecule has 0 radical (unpaired) electrons. The van der Waals surface area contributed by atoms with E-state index in [1.165, 1.54) is 0 Å². The van der Waals surface area contributed by atoms with Crippen LogP contribution in [-0.4, -0.2) is 26.1 Å². The summed E-state index contributed by atoms with van der Waals surface area (Å²) in [5.41, 5.74) is 1.85. The SMILES string of the molecule is S=c1[nH]nc(-c2ccccc2)n1/N=C\c1cccnc1. The van der Waals surface area contributed by atoms with Crippen molar-refractivity contribution in [2.75, 3.05) is 0 Å². The van der Waals surface area contributed by atoms with Gasteiger partial charge in [0, 0.05) is 23.5 Å². The summed E-state index contributed by atoms with van der Waals surface area (Å²) >= 11 is 5.20. The van der Waals surface area contributed by atoms with E-state index in [4.69, 9.17) is 12.2 Å². The molecule has 0 unspecified atom stereocenters. The largest absolute Gasteiger partial charge is 0.264 e. The van der Waals surface area contributed by atoms with Gasteiger partial charge in [0.15, 0.2) is 5.82 Å². The van der Waals surface area contributed by atoms with Gasteiger partial charge in [-0.3, -0.25) is 4.98 Å². The van der Waals surface area contributed by atoms with Crippen molar-refractivity contribution in [3.8, 4) is 11.4 Å². The molecule has 0 fully saturated rings. The van der Waals surface area contributed by atoms with Gasteiger partial charge in [-0.25, -0.2) is 5.10 Å². The average Bonchev–Trinajstić information content (AvgIpc) is 2.88. The molecule has 3 rings (SSSR count). The lowest BCUT2D eigenvalue weighted by molar-refractivity contribution is 0.871. The molecule has 0 spiro atoms. The van der Waals surface area contributed by atoms with Crippen LogP contribution in [0.3, 0.4) is 0 Å². The Morgan fingerprint density at radius 2 is 2.00 bits per heavy atom. The molecule has 0 saturated carbocycles. The highest BCUT2D eigenvalue weighted by atomic mass is 32.1. The van der Waals surface area contributed by atoms with Crippen LogP contribution in [-0.2, 0) is 0 Å². The Labute approximate surface area is 120 Å². The standard InChI is InChI=1S/C14H11N5S/c20-14-18-17-13(12-6-2-1-3-7-12)19(14)16-10-11-5-4-8-15-9-11/h1-10H,(H,18,20)/b16-10-. The van der Waals surface area contributed by atoms with Gasteiger partial charge >= 0.3 is 0 Å². The maximum absolute atomic E-state index is 5.20. The van der Waals surface area contributed by atoms with Gasteiger partial charge in [-0.05, 0) is 18.3 Å². The van der Waals surface area contributed by atoms with Gasteiger partial charge in [-0.1, -0.05) is 36.4 Å². The quantitative estimate of drug-likeness (QED) is 0.593. The Hall–Kier alpha value is -2.60. The Balaban J connectivity index is 2.01. The van der Waals surface area contributed by atoms with E-state index in [0.717, 1.165) is 11.1 Å². The van der Waals surface area contributed by atoms with Crippen molar-refractivity contribution < 1.29 is 0 Å². The summed E-state index contributed by atoms with van der Waals surface area (Å²) in [5.74, 6) is 0.677. The second-order valence-electron chi connectivity index (χ2n) is 4.06. The fourth-order valence-electron chi connectivity index (χ4n) is 1.75. The second-order valence-corrected chi connectivity index (χ2v) is 4.45. The molecule has 3 aromatic rings. The zero-order chi connectivity index (χ0) is 13.8. The minimum absolute atomic E-state index is 0.448. The van der Waals surface area contributed by atoms with Crippen LogP contribution in [0.25, 0.3) is 11.4 Å². The lowest BCUT2D eigenvalue weighted by atomic mass is 10.2. The molecule has 98 valence electrons. The van der Waals surface area contributed by atoms with E-state index in [2.05, 4.69) is 20.3 Å². The minimum atomic E-state index is 0.448. The van der Waals surface area contributed by atoms with E-state index < -0.39 is 0 Å². The van der Waals surface area contributed by atoms with E-state index in [-0.39, 0.29) is 0 Å². The molecule has 0 bridgehead atoms. The second kappa shape index (κ2) is 5.58. The first-order chi connectivity index (χ1) is 9.84. The molecular formula is C14H11N5S. The lowest BCUT2D eigenvalue weighted by Gasteiger charge is -2.00. The minimum Gasteiger partial charge on any atom is -0.264 e. The van der Waals surface area contributed by atoms with Crippen molar-refractivity contribution in [3.05, 3.63) is 65.2 Å². The van der Waals surface area contributed by atoms with Gasteiger partial charge in [0.1, 0.15) is 0 Å². The van der Waals surface area contributed by atoms with Crippen LogP contribution in [0, 0.1) is 4.77 Å². The first-order valence-electron chi connectivity index (χ1n) is 6.02. The third kappa shape index (κ3) is 2.55. The number of rotatable bonds is 3. The fraction of sp³-hybridized carbons (Fsp3) is 0. The van der Waals surface area contributed by atoms with Gasteiger partial charge in [-0.15, -0.1) is 0 Å². The molecule has 0 atom stereocenters. The predicted molar refractivity (Wildman–Crippen MR) is 80.1 cm³/mol. The average molecular weight is 281 g/mol. The topological polar surface area (TPSA) is 58.9 Å². The summed E-state index contributed by atoms with van der Waals surface area (Å²) in [6.07, 6.45) is 5.15. The Morgan fingerprint density at radius 3 is 2.75 bits per heavy atom. The monoisotopic (exact) mass is 281 g/mol. The molecule has 0 aliphatic heterocycles. The maximum Gasteiger partial charge on any atom is 0.216 e. The number of hydrogen-bond donors (Lipinski definition) is 1. The van der Waals surface area contributed by atoms with Gasteiger partial charge in [0.25, 0.3) is 0 Å². The zero-order valence-electron chi connectivity index (χ0n) is 10.5. The number of hydrogen-bond acceptors (Lipinski definition) is 4. The number of nitrogens with zero attached hydrogens (tertiary/aromatic N) is 4. The van der Waals surface area contributed by atoms with E-state index in [0.29, 0.717) is 10.6 Å². The molecule has 0 saturated heterocycles. The van der Waals surface area contributed by atoms with Crippen LogP contribution < -0.4 is 0 Å². The zero-order valence-corrected chi connectivity index (χ0v) is 11.3. The number of nitrogens with one attached hydrogen (secondary N) is 1. The van der Waals surface area contributed by atoms with Crippen LogP contribution in [0.5, 0.6) is 0 Å². The summed E-state index contributed by atoms with van der Waals surface area (Å²) in [4.78, 5) is 4.04. The third-order valence-corrected chi connectivity index (χ3v) is 2.95. The predicted octanol–water partition coefficient (Wildman–Crippen LogP) is 2.88. The Morgan fingerprint density at radius 1 is 1.15 bits per heavy atom. The van der Waals surface area contributed by atoms with Gasteiger partial charge < -0.3 is 0 Å².